The summed E-state index contributed by atoms with van der Waals surface area (Å²) in [5, 5.41) is 14.8. The van der Waals surface area contributed by atoms with Crippen molar-refractivity contribution in [2.75, 3.05) is 17.7 Å². The molecule has 0 aliphatic heterocycles. The topological polar surface area (TPSA) is 76.1 Å². The van der Waals surface area contributed by atoms with Gasteiger partial charge in [-0.05, 0) is 55.3 Å². The summed E-state index contributed by atoms with van der Waals surface area (Å²) >= 11 is 2.80. The molecule has 0 spiro atoms. The molecule has 0 unspecified atom stereocenters. The lowest BCUT2D eigenvalue weighted by molar-refractivity contribution is -0.115. The summed E-state index contributed by atoms with van der Waals surface area (Å²) in [6.45, 7) is 3.96. The van der Waals surface area contributed by atoms with Gasteiger partial charge in [-0.2, -0.15) is 0 Å². The van der Waals surface area contributed by atoms with Crippen LogP contribution in [-0.2, 0) is 11.2 Å². The lowest BCUT2D eigenvalue weighted by Crippen LogP contribution is -2.22. The molecule has 0 aliphatic rings. The van der Waals surface area contributed by atoms with Crippen LogP contribution in [0.2, 0.25) is 0 Å². The van der Waals surface area contributed by atoms with Gasteiger partial charge < -0.3 is 15.4 Å². The molecule has 1 atom stereocenters. The lowest BCUT2D eigenvalue weighted by Gasteiger charge is -2.10. The Kier molecular flexibility index (Phi) is 6.89. The molecule has 1 heterocycles. The fourth-order valence-corrected chi connectivity index (χ4v) is 4.29. The van der Waals surface area contributed by atoms with E-state index >= 15 is 0 Å². The molecule has 0 aliphatic carbocycles. The molecule has 3 aromatic rings. The highest BCUT2D eigenvalue weighted by atomic mass is 32.2. The average Bonchev–Trinajstić information content (AvgIpc) is 3.15. The van der Waals surface area contributed by atoms with Crippen molar-refractivity contribution in [3.63, 3.8) is 0 Å². The summed E-state index contributed by atoms with van der Waals surface area (Å²) in [4.78, 5) is 12.4. The predicted octanol–water partition coefficient (Wildman–Crippen LogP) is 4.97. The van der Waals surface area contributed by atoms with E-state index in [0.717, 1.165) is 27.9 Å². The highest BCUT2D eigenvalue weighted by Crippen LogP contribution is 2.31. The largest absolute Gasteiger partial charge is 0.497 e. The van der Waals surface area contributed by atoms with Crippen molar-refractivity contribution in [2.24, 2.45) is 0 Å². The van der Waals surface area contributed by atoms with Crippen LogP contribution in [-0.4, -0.2) is 28.5 Å². The molecule has 6 nitrogen and oxygen atoms in total. The van der Waals surface area contributed by atoms with Gasteiger partial charge in [-0.25, -0.2) is 0 Å². The maximum atomic E-state index is 12.4. The average molecular weight is 415 g/mol. The van der Waals surface area contributed by atoms with Crippen LogP contribution in [0.25, 0.3) is 0 Å². The molecule has 8 heteroatoms. The van der Waals surface area contributed by atoms with Gasteiger partial charge in [0.15, 0.2) is 4.34 Å². The number of nitrogens with one attached hydrogen (secondary N) is 2. The van der Waals surface area contributed by atoms with E-state index in [-0.39, 0.29) is 11.2 Å². The number of amides is 1. The van der Waals surface area contributed by atoms with Crippen LogP contribution in [0.4, 0.5) is 16.5 Å². The normalized spacial score (nSPS) is 11.7. The number of thioether (sulfide) groups is 1. The number of carbonyl (C=O) groups excluding carboxylic acids is 1. The van der Waals surface area contributed by atoms with E-state index in [9.17, 15) is 4.79 Å². The standard InChI is InChI=1S/C20H22N4O2S2/c1-4-14-5-7-15(8-6-14)21-18(25)13(2)27-20-24-23-19(28-20)22-16-9-11-17(26-3)12-10-16/h5-13H,4H2,1-3H3,(H,21,25)(H,22,23)/t13-/m1/s1. The zero-order valence-corrected chi connectivity index (χ0v) is 17.6. The quantitative estimate of drug-likeness (QED) is 0.507. The van der Waals surface area contributed by atoms with Crippen molar-refractivity contribution >= 4 is 45.5 Å². The van der Waals surface area contributed by atoms with Crippen molar-refractivity contribution in [1.82, 2.24) is 10.2 Å². The number of methoxy groups -OCH3 is 1. The number of carbonyl (C=O) groups is 1. The van der Waals surface area contributed by atoms with Crippen molar-refractivity contribution in [3.05, 3.63) is 54.1 Å². The number of nitrogens with zero attached hydrogens (tertiary/aromatic N) is 2. The molecule has 0 radical (unpaired) electrons. The number of hydrogen-bond donors (Lipinski definition) is 2. The fraction of sp³-hybridized carbons (Fsp3) is 0.250. The first-order valence-electron chi connectivity index (χ1n) is 8.88. The summed E-state index contributed by atoms with van der Waals surface area (Å²) in [6, 6.07) is 15.5. The maximum absolute atomic E-state index is 12.4. The van der Waals surface area contributed by atoms with Gasteiger partial charge in [0.25, 0.3) is 0 Å². The molecule has 0 fully saturated rings. The number of ether oxygens (including phenoxy) is 1. The van der Waals surface area contributed by atoms with Crippen LogP contribution >= 0.6 is 23.1 Å². The van der Waals surface area contributed by atoms with Crippen molar-refractivity contribution < 1.29 is 9.53 Å². The summed E-state index contributed by atoms with van der Waals surface area (Å²) in [5.41, 5.74) is 2.94. The number of hydrogen-bond acceptors (Lipinski definition) is 7. The van der Waals surface area contributed by atoms with Crippen LogP contribution in [0, 0.1) is 0 Å². The third-order valence-electron chi connectivity index (χ3n) is 4.02. The SMILES string of the molecule is CCc1ccc(NC(=O)[C@@H](C)Sc2nnc(Nc3ccc(OC)cc3)s2)cc1. The van der Waals surface area contributed by atoms with Crippen LogP contribution in [0.5, 0.6) is 5.75 Å². The Morgan fingerprint density at radius 1 is 1.11 bits per heavy atom. The van der Waals surface area contributed by atoms with Crippen molar-refractivity contribution in [2.45, 2.75) is 29.9 Å². The number of benzene rings is 2. The molecule has 0 bridgehead atoms. The van der Waals surface area contributed by atoms with Gasteiger partial charge in [-0.15, -0.1) is 10.2 Å². The van der Waals surface area contributed by atoms with Gasteiger partial charge in [0.05, 0.1) is 12.4 Å². The number of anilines is 3. The summed E-state index contributed by atoms with van der Waals surface area (Å²) < 4.78 is 5.89. The Morgan fingerprint density at radius 3 is 2.43 bits per heavy atom. The zero-order chi connectivity index (χ0) is 19.9. The lowest BCUT2D eigenvalue weighted by atomic mass is 10.1. The highest BCUT2D eigenvalue weighted by Gasteiger charge is 2.17. The molecule has 1 amide bonds. The molecule has 3 rings (SSSR count). The molecular weight excluding hydrogens is 392 g/mol. The predicted molar refractivity (Wildman–Crippen MR) is 116 cm³/mol. The molecule has 0 saturated heterocycles. The Labute approximate surface area is 172 Å². The first-order valence-corrected chi connectivity index (χ1v) is 10.6. The van der Waals surface area contributed by atoms with Crippen LogP contribution in [0.1, 0.15) is 19.4 Å². The van der Waals surface area contributed by atoms with Crippen molar-refractivity contribution in [1.29, 1.82) is 0 Å². The van der Waals surface area contributed by atoms with Gasteiger partial charge in [0.2, 0.25) is 11.0 Å². The fourth-order valence-electron chi connectivity index (χ4n) is 2.38. The van der Waals surface area contributed by atoms with Gasteiger partial charge in [-0.3, -0.25) is 4.79 Å². The second-order valence-electron chi connectivity index (χ2n) is 6.03. The van der Waals surface area contributed by atoms with Gasteiger partial charge in [0, 0.05) is 11.4 Å². The Morgan fingerprint density at radius 2 is 1.79 bits per heavy atom. The van der Waals surface area contributed by atoms with E-state index in [2.05, 4.69) is 27.8 Å². The number of rotatable bonds is 8. The summed E-state index contributed by atoms with van der Waals surface area (Å²) in [6.07, 6.45) is 0.977. The molecular formula is C20H22N4O2S2. The van der Waals surface area contributed by atoms with Crippen LogP contribution < -0.4 is 15.4 Å². The number of aromatic nitrogens is 2. The Bertz CT molecular complexity index is 911. The molecule has 0 saturated carbocycles. The smallest absolute Gasteiger partial charge is 0.237 e. The van der Waals surface area contributed by atoms with E-state index in [1.807, 2.05) is 55.5 Å². The minimum atomic E-state index is -0.285. The molecule has 28 heavy (non-hydrogen) atoms. The van der Waals surface area contributed by atoms with Crippen LogP contribution in [0.15, 0.2) is 52.9 Å². The van der Waals surface area contributed by atoms with E-state index < -0.39 is 0 Å². The maximum Gasteiger partial charge on any atom is 0.237 e. The van der Waals surface area contributed by atoms with Gasteiger partial charge >= 0.3 is 0 Å². The highest BCUT2D eigenvalue weighted by molar-refractivity contribution is 8.02. The van der Waals surface area contributed by atoms with E-state index in [1.54, 1.807) is 7.11 Å². The Hall–Kier alpha value is -2.58. The summed E-state index contributed by atoms with van der Waals surface area (Å²) in [7, 11) is 1.63. The van der Waals surface area contributed by atoms with E-state index in [0.29, 0.717) is 5.13 Å². The molecule has 2 aromatic carbocycles. The second-order valence-corrected chi connectivity index (χ2v) is 8.59. The second kappa shape index (κ2) is 9.57. The van der Waals surface area contributed by atoms with E-state index in [4.69, 9.17) is 4.74 Å². The van der Waals surface area contributed by atoms with Crippen molar-refractivity contribution in [3.8, 4) is 5.75 Å². The van der Waals surface area contributed by atoms with E-state index in [1.165, 1.54) is 28.7 Å². The molecule has 146 valence electrons. The molecule has 1 aromatic heterocycles. The number of aryl methyl sites for hydroxylation is 1. The Balaban J connectivity index is 1.54. The minimum absolute atomic E-state index is 0.0610. The first-order chi connectivity index (χ1) is 13.6. The van der Waals surface area contributed by atoms with Gasteiger partial charge in [-0.1, -0.05) is 42.2 Å². The third-order valence-corrected chi connectivity index (χ3v) is 6.05. The first kappa shape index (κ1) is 20.2. The zero-order valence-electron chi connectivity index (χ0n) is 15.9. The monoisotopic (exact) mass is 414 g/mol. The molecule has 2 N–H and O–H groups in total. The van der Waals surface area contributed by atoms with Gasteiger partial charge in [0.1, 0.15) is 5.75 Å². The van der Waals surface area contributed by atoms with Crippen LogP contribution in [0.3, 0.4) is 0 Å². The summed E-state index contributed by atoms with van der Waals surface area (Å²) in [5.74, 6) is 0.734. The third kappa shape index (κ3) is 5.46. The minimum Gasteiger partial charge on any atom is -0.497 e.